The van der Waals surface area contributed by atoms with Gasteiger partial charge in [-0.05, 0) is 46.7 Å². The van der Waals surface area contributed by atoms with E-state index in [1.807, 2.05) is 6.07 Å². The van der Waals surface area contributed by atoms with Gasteiger partial charge in [0, 0.05) is 11.4 Å². The normalized spacial score (nSPS) is 12.7. The number of halogens is 2. The van der Waals surface area contributed by atoms with E-state index in [2.05, 4.69) is 29.8 Å². The summed E-state index contributed by atoms with van der Waals surface area (Å²) in [6, 6.07) is 5.11. The van der Waals surface area contributed by atoms with Crippen molar-refractivity contribution in [2.75, 3.05) is 0 Å². The molecule has 1 aromatic rings. The Hall–Kier alpha value is -0.610. The van der Waals surface area contributed by atoms with Gasteiger partial charge in [-0.25, -0.2) is 0 Å². The van der Waals surface area contributed by atoms with Crippen LogP contribution < -0.4 is 0 Å². The molecule has 1 atom stereocenters. The molecule has 18 heavy (non-hydrogen) atoms. The third-order valence-electron chi connectivity index (χ3n) is 2.71. The van der Waals surface area contributed by atoms with E-state index in [1.54, 1.807) is 6.07 Å². The quantitative estimate of drug-likeness (QED) is 0.420. The molecule has 0 heterocycles. The summed E-state index contributed by atoms with van der Waals surface area (Å²) in [5, 5.41) is 10.9. The number of nitro benzene ring substituents is 1. The fourth-order valence-electron chi connectivity index (χ4n) is 1.84. The summed E-state index contributed by atoms with van der Waals surface area (Å²) in [6.07, 6.45) is 2.55. The van der Waals surface area contributed by atoms with Gasteiger partial charge in [0.2, 0.25) is 0 Å². The maximum absolute atomic E-state index is 10.8. The van der Waals surface area contributed by atoms with Crippen LogP contribution in [0.25, 0.3) is 0 Å². The van der Waals surface area contributed by atoms with Crippen LogP contribution in [-0.4, -0.2) is 10.3 Å². The van der Waals surface area contributed by atoms with E-state index in [0.717, 1.165) is 24.8 Å². The molecule has 0 saturated carbocycles. The zero-order valence-corrected chi connectivity index (χ0v) is 12.9. The Balaban J connectivity index is 2.68. The molecule has 3 nitrogen and oxygen atoms in total. The van der Waals surface area contributed by atoms with Crippen molar-refractivity contribution < 1.29 is 4.92 Å². The van der Waals surface area contributed by atoms with Crippen LogP contribution in [0.3, 0.4) is 0 Å². The number of hydrogen-bond donors (Lipinski definition) is 0. The van der Waals surface area contributed by atoms with Crippen molar-refractivity contribution in [3.05, 3.63) is 38.3 Å². The fourth-order valence-corrected chi connectivity index (χ4v) is 2.91. The lowest BCUT2D eigenvalue weighted by molar-refractivity contribution is -0.385. The van der Waals surface area contributed by atoms with Crippen LogP contribution in [0.15, 0.2) is 22.7 Å². The van der Waals surface area contributed by atoms with Gasteiger partial charge < -0.3 is 0 Å². The molecule has 0 fully saturated rings. The van der Waals surface area contributed by atoms with Crippen LogP contribution in [0.1, 0.15) is 32.3 Å². The van der Waals surface area contributed by atoms with Crippen LogP contribution >= 0.6 is 27.5 Å². The Labute approximate surface area is 121 Å². The van der Waals surface area contributed by atoms with E-state index in [4.69, 9.17) is 11.6 Å². The van der Waals surface area contributed by atoms with Gasteiger partial charge in [0.25, 0.3) is 5.69 Å². The highest BCUT2D eigenvalue weighted by Crippen LogP contribution is 2.30. The summed E-state index contributed by atoms with van der Waals surface area (Å²) in [4.78, 5) is 10.4. The molecule has 0 aromatic heterocycles. The Morgan fingerprint density at radius 1 is 1.44 bits per heavy atom. The minimum atomic E-state index is -0.375. The van der Waals surface area contributed by atoms with Gasteiger partial charge in [0.1, 0.15) is 0 Å². The number of nitrogens with zero attached hydrogens (tertiary/aromatic N) is 1. The van der Waals surface area contributed by atoms with Gasteiger partial charge in [-0.1, -0.05) is 26.0 Å². The summed E-state index contributed by atoms with van der Waals surface area (Å²) in [7, 11) is 0. The molecule has 0 spiro atoms. The van der Waals surface area contributed by atoms with E-state index < -0.39 is 0 Å². The third-order valence-corrected chi connectivity index (χ3v) is 4.02. The second-order valence-corrected chi connectivity index (χ2v) is 6.18. The van der Waals surface area contributed by atoms with Crippen LogP contribution in [-0.2, 0) is 6.42 Å². The lowest BCUT2D eigenvalue weighted by Crippen LogP contribution is -2.05. The van der Waals surface area contributed by atoms with Crippen molar-refractivity contribution in [1.82, 2.24) is 0 Å². The summed E-state index contributed by atoms with van der Waals surface area (Å²) in [5.41, 5.74) is 1.06. The molecule has 5 heteroatoms. The minimum absolute atomic E-state index is 0.113. The van der Waals surface area contributed by atoms with Crippen LogP contribution in [0.2, 0.25) is 0 Å². The fraction of sp³-hybridized carbons (Fsp3) is 0.538. The summed E-state index contributed by atoms with van der Waals surface area (Å²) >= 11 is 9.53. The van der Waals surface area contributed by atoms with Crippen molar-refractivity contribution in [1.29, 1.82) is 0 Å². The number of benzene rings is 1. The Morgan fingerprint density at radius 2 is 2.11 bits per heavy atom. The molecule has 100 valence electrons. The van der Waals surface area contributed by atoms with Gasteiger partial charge in [0.05, 0.1) is 9.40 Å². The van der Waals surface area contributed by atoms with Crippen molar-refractivity contribution in [2.24, 2.45) is 5.92 Å². The van der Waals surface area contributed by atoms with Crippen LogP contribution in [0, 0.1) is 16.0 Å². The summed E-state index contributed by atoms with van der Waals surface area (Å²) in [5.74, 6) is 0.570. The largest absolute Gasteiger partial charge is 0.283 e. The van der Waals surface area contributed by atoms with E-state index in [0.29, 0.717) is 10.4 Å². The monoisotopic (exact) mass is 333 g/mol. The zero-order valence-electron chi connectivity index (χ0n) is 10.5. The molecule has 1 rings (SSSR count). The first-order valence-corrected chi connectivity index (χ1v) is 7.20. The topological polar surface area (TPSA) is 43.1 Å². The highest BCUT2D eigenvalue weighted by molar-refractivity contribution is 9.10. The molecule has 0 radical (unpaired) electrons. The lowest BCUT2D eigenvalue weighted by Gasteiger charge is -2.12. The summed E-state index contributed by atoms with van der Waals surface area (Å²) in [6.45, 7) is 4.28. The maximum Gasteiger partial charge on any atom is 0.283 e. The number of nitro groups is 1. The molecule has 0 aliphatic rings. The molecule has 0 amide bonds. The van der Waals surface area contributed by atoms with Crippen molar-refractivity contribution in [3.8, 4) is 0 Å². The van der Waals surface area contributed by atoms with E-state index in [-0.39, 0.29) is 16.0 Å². The maximum atomic E-state index is 10.8. The molecule has 0 aliphatic carbocycles. The third kappa shape index (κ3) is 4.58. The number of aryl methyl sites for hydroxylation is 1. The van der Waals surface area contributed by atoms with Crippen LogP contribution in [0.5, 0.6) is 0 Å². The SMILES string of the molecule is CC(C)CC(Cl)CCc1cccc([N+](=O)[O-])c1Br. The molecule has 0 bridgehead atoms. The standard InChI is InChI=1S/C13H17BrClNO2/c1-9(2)8-11(15)7-6-10-4-3-5-12(13(10)14)16(17)18/h3-5,9,11H,6-8H2,1-2H3. The second kappa shape index (κ2) is 7.10. The van der Waals surface area contributed by atoms with E-state index in [1.165, 1.54) is 6.07 Å². The Kier molecular flexibility index (Phi) is 6.09. The molecule has 1 unspecified atom stereocenters. The highest BCUT2D eigenvalue weighted by atomic mass is 79.9. The predicted molar refractivity (Wildman–Crippen MR) is 78.2 cm³/mol. The first-order valence-electron chi connectivity index (χ1n) is 5.97. The highest BCUT2D eigenvalue weighted by Gasteiger charge is 2.15. The van der Waals surface area contributed by atoms with E-state index >= 15 is 0 Å². The first kappa shape index (κ1) is 15.4. The zero-order chi connectivity index (χ0) is 13.7. The van der Waals surface area contributed by atoms with Gasteiger partial charge in [-0.15, -0.1) is 11.6 Å². The average molecular weight is 335 g/mol. The average Bonchev–Trinajstić information content (AvgIpc) is 2.26. The first-order chi connectivity index (χ1) is 8.41. The van der Waals surface area contributed by atoms with Gasteiger partial charge in [-0.3, -0.25) is 10.1 Å². The van der Waals surface area contributed by atoms with Crippen molar-refractivity contribution in [2.45, 2.75) is 38.5 Å². The smallest absolute Gasteiger partial charge is 0.258 e. The van der Waals surface area contributed by atoms with Gasteiger partial charge in [0.15, 0.2) is 0 Å². The van der Waals surface area contributed by atoms with Gasteiger partial charge >= 0.3 is 0 Å². The van der Waals surface area contributed by atoms with Crippen LogP contribution in [0.4, 0.5) is 5.69 Å². The molecule has 0 N–H and O–H groups in total. The Morgan fingerprint density at radius 3 is 2.67 bits per heavy atom. The molecular weight excluding hydrogens is 318 g/mol. The molecule has 0 aliphatic heterocycles. The molecule has 0 saturated heterocycles. The second-order valence-electron chi connectivity index (χ2n) is 4.77. The molecule has 1 aromatic carbocycles. The number of rotatable bonds is 6. The predicted octanol–water partition coefficient (Wildman–Crippen LogP) is 4.94. The number of hydrogen-bond acceptors (Lipinski definition) is 2. The van der Waals surface area contributed by atoms with Gasteiger partial charge in [-0.2, -0.15) is 0 Å². The number of alkyl halides is 1. The Bertz CT molecular complexity index is 423. The van der Waals surface area contributed by atoms with Crippen molar-refractivity contribution >= 4 is 33.2 Å². The van der Waals surface area contributed by atoms with Crippen molar-refractivity contribution in [3.63, 3.8) is 0 Å². The minimum Gasteiger partial charge on any atom is -0.258 e. The lowest BCUT2D eigenvalue weighted by atomic mass is 10.0. The molecular formula is C13H17BrClNO2. The van der Waals surface area contributed by atoms with E-state index in [9.17, 15) is 10.1 Å². The summed E-state index contributed by atoms with van der Waals surface area (Å²) < 4.78 is 0.573.